The molecule has 5 aromatic carbocycles. The molecule has 2 aliphatic heterocycles. The molecule has 0 bridgehead atoms. The summed E-state index contributed by atoms with van der Waals surface area (Å²) in [5.74, 6) is -2.11. The normalized spacial score (nSPS) is 16.9. The van der Waals surface area contributed by atoms with E-state index >= 15 is 0 Å². The first-order valence-electron chi connectivity index (χ1n) is 26.4. The van der Waals surface area contributed by atoms with Gasteiger partial charge in [-0.3, -0.25) is 33.1 Å². The lowest BCUT2D eigenvalue weighted by Gasteiger charge is -2.32. The van der Waals surface area contributed by atoms with Gasteiger partial charge in [0.15, 0.2) is 0 Å². The van der Waals surface area contributed by atoms with E-state index in [9.17, 15) is 78.3 Å². The number of hydrogen-bond acceptors (Lipinski definition) is 19. The SMILES string of the molecule is CN(CCCC(=O)NCc1ccc(C(=O)Nc2nnc(S(N)(=O)=O)s2)cc1)S(=O)(=O)c1cccc2c3c(ccc12)N(CCCS(=O)(=O)O)C(/C=C/C=CC=C1N(CCCS(=O)(=O)O)c2ccc4c(S(=O)(=O)O)cc(S(=O)(=O)O)cc4c2C1(C)C)C3(C)C. The van der Waals surface area contributed by atoms with Crippen molar-refractivity contribution in [3.05, 3.63) is 137 Å². The Morgan fingerprint density at radius 1 is 0.701 bits per heavy atom. The highest BCUT2D eigenvalue weighted by Crippen LogP contribution is 2.53. The van der Waals surface area contributed by atoms with Gasteiger partial charge in [-0.25, -0.2) is 26.3 Å². The highest BCUT2D eigenvalue weighted by molar-refractivity contribution is 7.91. The van der Waals surface area contributed by atoms with Crippen LogP contribution in [-0.2, 0) is 82.7 Å². The van der Waals surface area contributed by atoms with Crippen molar-refractivity contribution in [2.45, 2.75) is 95.8 Å². The van der Waals surface area contributed by atoms with E-state index < -0.39 is 109 Å². The van der Waals surface area contributed by atoms with E-state index in [0.29, 0.717) is 56.4 Å². The molecule has 8 rings (SSSR count). The summed E-state index contributed by atoms with van der Waals surface area (Å²) in [6.07, 6.45) is 8.75. The fourth-order valence-corrected chi connectivity index (χ4v) is 16.1. The Bertz CT molecular complexity index is 4550. The monoisotopic (exact) mass is 1330 g/mol. The van der Waals surface area contributed by atoms with Crippen LogP contribution in [-0.4, -0.2) is 139 Å². The standard InChI is InChI=1S/C54H62N8O18S7/c1-53(2)45(15-7-6-8-16-46-54(3,4)49-40-31-36(86(75,76)77)32-44(87(78,79)80)38(40)23-25-42(49)62(46)28-12-30-83(68,69)70)61(27-11-29-82(65,66)67)41-24-22-37-39(48(41)53)13-9-14-43(37)85(73,74)60(5)26-10-17-47(63)56-33-34-18-20-35(21-19-34)50(64)57-51-58-59-52(81-51)84(55,71)72/h6-9,13-16,18-25,31-32,45H,10-12,17,26-30,33H2,1-5H3,(H,56,63)(H2,55,71,72)(H,57,58,64)(H,65,66,67)(H,68,69,70)(H,75,76,77)(H,78,79,80)/b8-6?,15-7+,46-16?. The zero-order valence-electron chi connectivity index (χ0n) is 47.2. The number of sulfonamides is 2. The number of nitrogens with one attached hydrogen (secondary N) is 2. The van der Waals surface area contributed by atoms with Crippen LogP contribution in [0.25, 0.3) is 21.5 Å². The topological polar surface area (TPSA) is 405 Å². The molecule has 1 aromatic heterocycles. The number of nitrogens with zero attached hydrogens (tertiary/aromatic N) is 5. The quantitative estimate of drug-likeness (QED) is 0.0215. The zero-order chi connectivity index (χ0) is 64.0. The van der Waals surface area contributed by atoms with Gasteiger partial charge in [0.1, 0.15) is 4.90 Å². The molecule has 0 radical (unpaired) electrons. The van der Waals surface area contributed by atoms with Crippen molar-refractivity contribution in [3.63, 3.8) is 0 Å². The number of rotatable bonds is 24. The van der Waals surface area contributed by atoms with Crippen molar-refractivity contribution in [1.29, 1.82) is 0 Å². The Balaban J connectivity index is 1.01. The number of fused-ring (bicyclic) bond motifs is 6. The number of allylic oxidation sites excluding steroid dienone is 5. The molecular formula is C54H62N8O18S7. The lowest BCUT2D eigenvalue weighted by molar-refractivity contribution is -0.121. The molecule has 33 heteroatoms. The molecule has 8 N–H and O–H groups in total. The first-order valence-corrected chi connectivity index (χ1v) is 36.3. The van der Waals surface area contributed by atoms with Crippen molar-refractivity contribution >= 4 is 122 Å². The van der Waals surface area contributed by atoms with Crippen LogP contribution in [0.2, 0.25) is 0 Å². The van der Waals surface area contributed by atoms with Crippen molar-refractivity contribution in [2.75, 3.05) is 53.3 Å². The minimum Gasteiger partial charge on any atom is -0.364 e. The van der Waals surface area contributed by atoms with E-state index in [-0.39, 0.29) is 84.1 Å². The van der Waals surface area contributed by atoms with Gasteiger partial charge in [-0.2, -0.15) is 33.7 Å². The number of carbonyl (C=O) groups excluding carboxylic acids is 2. The van der Waals surface area contributed by atoms with E-state index in [4.69, 9.17) is 5.14 Å². The number of nitrogens with two attached hydrogens (primary N) is 1. The second-order valence-electron chi connectivity index (χ2n) is 21.8. The Hall–Kier alpha value is -6.60. The van der Waals surface area contributed by atoms with Gasteiger partial charge >= 0.3 is 0 Å². The molecule has 468 valence electrons. The van der Waals surface area contributed by atoms with E-state index in [2.05, 4.69) is 20.8 Å². The summed E-state index contributed by atoms with van der Waals surface area (Å²) in [6.45, 7) is 7.63. The predicted molar refractivity (Wildman–Crippen MR) is 327 cm³/mol. The third-order valence-corrected chi connectivity index (χ3v) is 22.4. The van der Waals surface area contributed by atoms with Crippen LogP contribution >= 0.6 is 11.3 Å². The number of benzene rings is 5. The summed E-state index contributed by atoms with van der Waals surface area (Å²) in [7, 11) is -25.7. The maximum atomic E-state index is 14.4. The molecule has 87 heavy (non-hydrogen) atoms. The van der Waals surface area contributed by atoms with E-state index in [1.165, 1.54) is 37.4 Å². The van der Waals surface area contributed by atoms with Crippen LogP contribution in [0.3, 0.4) is 0 Å². The lowest BCUT2D eigenvalue weighted by atomic mass is 9.78. The lowest BCUT2D eigenvalue weighted by Crippen LogP contribution is -2.40. The van der Waals surface area contributed by atoms with Gasteiger partial charge in [-0.15, -0.1) is 10.2 Å². The largest absolute Gasteiger partial charge is 0.364 e. The first-order chi connectivity index (χ1) is 40.3. The summed E-state index contributed by atoms with van der Waals surface area (Å²) < 4.78 is 190. The number of carbonyl (C=O) groups is 2. The van der Waals surface area contributed by atoms with Gasteiger partial charge in [0.05, 0.1) is 27.3 Å². The number of aromatic nitrogens is 2. The molecule has 0 saturated carbocycles. The highest BCUT2D eigenvalue weighted by atomic mass is 32.3. The fourth-order valence-electron chi connectivity index (χ4n) is 11.1. The summed E-state index contributed by atoms with van der Waals surface area (Å²) in [5.41, 5.74) is 1.70. The molecule has 0 saturated heterocycles. The Morgan fingerprint density at radius 2 is 1.33 bits per heavy atom. The second kappa shape index (κ2) is 24.8. The summed E-state index contributed by atoms with van der Waals surface area (Å²) in [4.78, 5) is 27.7. The van der Waals surface area contributed by atoms with Crippen LogP contribution in [0, 0.1) is 0 Å². The average Bonchev–Trinajstić information content (AvgIpc) is 1.62. The fraction of sp³-hybridized carbons (Fsp3) is 0.333. The molecule has 0 aliphatic carbocycles. The highest BCUT2D eigenvalue weighted by Gasteiger charge is 2.45. The van der Waals surface area contributed by atoms with Gasteiger partial charge in [0.2, 0.25) is 25.4 Å². The van der Waals surface area contributed by atoms with Gasteiger partial charge in [0.25, 0.3) is 56.4 Å². The number of anilines is 3. The molecular weight excluding hydrogens is 1270 g/mol. The Labute approximate surface area is 508 Å². The zero-order valence-corrected chi connectivity index (χ0v) is 52.9. The van der Waals surface area contributed by atoms with E-state index in [1.54, 1.807) is 79.4 Å². The molecule has 3 heterocycles. The third kappa shape index (κ3) is 14.8. The summed E-state index contributed by atoms with van der Waals surface area (Å²) in [6, 6.07) is 18.6. The van der Waals surface area contributed by atoms with Gasteiger partial charge in [0, 0.05) is 83.9 Å². The Morgan fingerprint density at radius 3 is 1.94 bits per heavy atom. The third-order valence-electron chi connectivity index (χ3n) is 15.0. The maximum Gasteiger partial charge on any atom is 0.295 e. The van der Waals surface area contributed by atoms with Gasteiger partial charge in [-0.1, -0.05) is 99.7 Å². The molecule has 0 spiro atoms. The predicted octanol–water partition coefficient (Wildman–Crippen LogP) is 5.77. The maximum absolute atomic E-state index is 14.4. The smallest absolute Gasteiger partial charge is 0.295 e. The minimum atomic E-state index is -5.05. The van der Waals surface area contributed by atoms with Crippen LogP contribution in [0.1, 0.15) is 80.4 Å². The van der Waals surface area contributed by atoms with Crippen LogP contribution in [0.5, 0.6) is 0 Å². The molecule has 0 fully saturated rings. The van der Waals surface area contributed by atoms with Crippen molar-refractivity contribution < 1.29 is 78.3 Å². The Kier molecular flexibility index (Phi) is 18.9. The minimum absolute atomic E-state index is 0.00102. The molecule has 6 aromatic rings. The first kappa shape index (κ1) is 66.4. The van der Waals surface area contributed by atoms with Crippen LogP contribution in [0.15, 0.2) is 134 Å². The summed E-state index contributed by atoms with van der Waals surface area (Å²) in [5, 5.41) is 18.2. The van der Waals surface area contributed by atoms with Gasteiger partial charge < -0.3 is 15.1 Å². The molecule has 1 atom stereocenters. The van der Waals surface area contributed by atoms with Crippen LogP contribution in [0.4, 0.5) is 16.5 Å². The van der Waals surface area contributed by atoms with Gasteiger partial charge in [-0.05, 0) is 95.3 Å². The number of hydrogen-bond donors (Lipinski definition) is 7. The number of amides is 2. The van der Waals surface area contributed by atoms with E-state index in [1.807, 2.05) is 24.8 Å². The molecule has 2 amide bonds. The van der Waals surface area contributed by atoms with Crippen molar-refractivity contribution in [1.82, 2.24) is 19.8 Å². The molecule has 2 aliphatic rings. The second-order valence-corrected chi connectivity index (χ2v) is 32.4. The number of primary sulfonamides is 1. The molecule has 1 unspecified atom stereocenters. The molecule has 26 nitrogen and oxygen atoms in total. The van der Waals surface area contributed by atoms with Crippen molar-refractivity contribution in [2.24, 2.45) is 5.14 Å². The van der Waals surface area contributed by atoms with Crippen LogP contribution < -0.4 is 25.6 Å². The van der Waals surface area contributed by atoms with E-state index in [0.717, 1.165) is 15.9 Å². The van der Waals surface area contributed by atoms with Crippen molar-refractivity contribution in [3.8, 4) is 0 Å². The summed E-state index contributed by atoms with van der Waals surface area (Å²) >= 11 is 0.587. The average molecular weight is 1340 g/mol.